The topological polar surface area (TPSA) is 38.9 Å². The molecule has 0 saturated heterocycles. The molecule has 0 unspecified atom stereocenters. The molecule has 2 aliphatic rings. The average Bonchev–Trinajstić information content (AvgIpc) is 3.50. The van der Waals surface area contributed by atoms with Crippen LogP contribution in [0, 0.1) is 0 Å². The van der Waals surface area contributed by atoms with Gasteiger partial charge in [-0.2, -0.15) is 0 Å². The summed E-state index contributed by atoms with van der Waals surface area (Å²) in [6.45, 7) is 0. The highest BCUT2D eigenvalue weighted by Gasteiger charge is 2.27. The van der Waals surface area contributed by atoms with E-state index in [0.717, 1.165) is 93.5 Å². The van der Waals surface area contributed by atoms with Crippen molar-refractivity contribution in [1.29, 1.82) is 0 Å². The Morgan fingerprint density at radius 1 is 0.311 bits per heavy atom. The largest absolute Gasteiger partial charge is 0.455 e. The molecular formula is C42H24N2O. The lowest BCUT2D eigenvalue weighted by Crippen LogP contribution is -1.96. The van der Waals surface area contributed by atoms with Gasteiger partial charge in [0.15, 0.2) is 0 Å². The summed E-state index contributed by atoms with van der Waals surface area (Å²) in [5.74, 6) is 0.840. The fraction of sp³-hybridized carbons (Fsp3) is 0. The zero-order chi connectivity index (χ0) is 29.5. The van der Waals surface area contributed by atoms with Crippen LogP contribution in [0.4, 0.5) is 0 Å². The minimum absolute atomic E-state index is 0.822. The van der Waals surface area contributed by atoms with E-state index in [2.05, 4.69) is 127 Å². The normalized spacial score (nSPS) is 12.0. The number of hydrogen-bond donors (Lipinski definition) is 0. The molecule has 3 heterocycles. The molecule has 45 heavy (non-hydrogen) atoms. The van der Waals surface area contributed by atoms with Gasteiger partial charge >= 0.3 is 0 Å². The second-order valence-electron chi connectivity index (χ2n) is 11.6. The van der Waals surface area contributed by atoms with Crippen molar-refractivity contribution < 1.29 is 4.42 Å². The fourth-order valence-electron chi connectivity index (χ4n) is 7.32. The van der Waals surface area contributed by atoms with Gasteiger partial charge in [-0.15, -0.1) is 0 Å². The Morgan fingerprint density at radius 2 is 0.733 bits per heavy atom. The van der Waals surface area contributed by atoms with Gasteiger partial charge in [0.25, 0.3) is 0 Å². The number of aromatic nitrogens is 2. The third kappa shape index (κ3) is 3.41. The molecule has 0 aliphatic carbocycles. The van der Waals surface area contributed by atoms with Gasteiger partial charge in [-0.05, 0) is 51.2 Å². The van der Waals surface area contributed by atoms with E-state index in [1.807, 2.05) is 18.2 Å². The molecule has 0 spiro atoms. The molecule has 208 valence electrons. The molecule has 3 heteroatoms. The van der Waals surface area contributed by atoms with Crippen molar-refractivity contribution in [3.05, 3.63) is 146 Å². The SMILES string of the molecule is c1ccc2c3c(-c4c5ccccc5c(-c5nc6ccccc6c6ccccc56)c5ccccc45)oc4ccccc4c-3nc2c1. The third-order valence-electron chi connectivity index (χ3n) is 9.23. The van der Waals surface area contributed by atoms with Crippen LogP contribution in [0.1, 0.15) is 0 Å². The molecule has 0 radical (unpaired) electrons. The van der Waals surface area contributed by atoms with Crippen LogP contribution in [0.25, 0.3) is 98.9 Å². The molecule has 10 rings (SSSR count). The molecule has 2 aliphatic heterocycles. The summed E-state index contributed by atoms with van der Waals surface area (Å²) in [6.07, 6.45) is 0. The molecule has 0 N–H and O–H groups in total. The molecule has 1 aromatic heterocycles. The van der Waals surface area contributed by atoms with Gasteiger partial charge < -0.3 is 4.42 Å². The first-order valence-corrected chi connectivity index (χ1v) is 15.3. The second-order valence-corrected chi connectivity index (χ2v) is 11.6. The van der Waals surface area contributed by atoms with Crippen LogP contribution < -0.4 is 0 Å². The van der Waals surface area contributed by atoms with Crippen LogP contribution >= 0.6 is 0 Å². The summed E-state index contributed by atoms with van der Waals surface area (Å²) in [4.78, 5) is 10.5. The number of para-hydroxylation sites is 3. The van der Waals surface area contributed by atoms with Crippen molar-refractivity contribution in [3.63, 3.8) is 0 Å². The van der Waals surface area contributed by atoms with E-state index in [1.54, 1.807) is 0 Å². The molecule has 0 amide bonds. The van der Waals surface area contributed by atoms with Gasteiger partial charge in [0.05, 0.1) is 28.0 Å². The first-order chi connectivity index (χ1) is 22.3. The summed E-state index contributed by atoms with van der Waals surface area (Å²) < 4.78 is 6.96. The molecule has 7 aromatic carbocycles. The van der Waals surface area contributed by atoms with Gasteiger partial charge in [0, 0.05) is 32.7 Å². The number of nitrogens with zero attached hydrogens (tertiary/aromatic N) is 2. The van der Waals surface area contributed by atoms with Crippen molar-refractivity contribution in [2.75, 3.05) is 0 Å². The quantitative estimate of drug-likeness (QED) is 0.153. The van der Waals surface area contributed by atoms with Gasteiger partial charge in [-0.25, -0.2) is 9.97 Å². The monoisotopic (exact) mass is 572 g/mol. The highest BCUT2D eigenvalue weighted by molar-refractivity contribution is 6.26. The summed E-state index contributed by atoms with van der Waals surface area (Å²) >= 11 is 0. The Balaban J connectivity index is 1.42. The van der Waals surface area contributed by atoms with Crippen LogP contribution in [0.5, 0.6) is 0 Å². The highest BCUT2D eigenvalue weighted by atomic mass is 16.3. The van der Waals surface area contributed by atoms with E-state index in [1.165, 1.54) is 5.39 Å². The number of fused-ring (bicyclic) bond motifs is 10. The Kier molecular flexibility index (Phi) is 5.00. The van der Waals surface area contributed by atoms with E-state index >= 15 is 0 Å². The molecular weight excluding hydrogens is 548 g/mol. The van der Waals surface area contributed by atoms with Crippen LogP contribution in [-0.4, -0.2) is 9.97 Å². The Hall–Kier alpha value is -6.06. The summed E-state index contributed by atoms with van der Waals surface area (Å²) in [7, 11) is 0. The maximum Gasteiger partial charge on any atom is 0.146 e. The predicted molar refractivity (Wildman–Crippen MR) is 187 cm³/mol. The zero-order valence-corrected chi connectivity index (χ0v) is 24.2. The maximum absolute atomic E-state index is 6.96. The fourth-order valence-corrected chi connectivity index (χ4v) is 7.32. The summed E-state index contributed by atoms with van der Waals surface area (Å²) in [6, 6.07) is 51.1. The van der Waals surface area contributed by atoms with Crippen molar-refractivity contribution in [2.45, 2.75) is 0 Å². The van der Waals surface area contributed by atoms with E-state index < -0.39 is 0 Å². The smallest absolute Gasteiger partial charge is 0.146 e. The minimum Gasteiger partial charge on any atom is -0.455 e. The second kappa shape index (κ2) is 9.22. The van der Waals surface area contributed by atoms with E-state index in [0.29, 0.717) is 0 Å². The number of benzene rings is 7. The van der Waals surface area contributed by atoms with Crippen LogP contribution in [0.3, 0.4) is 0 Å². The molecule has 8 aromatic rings. The Morgan fingerprint density at radius 3 is 1.38 bits per heavy atom. The average molecular weight is 573 g/mol. The minimum atomic E-state index is 0.822. The molecule has 0 atom stereocenters. The van der Waals surface area contributed by atoms with Crippen molar-refractivity contribution in [1.82, 2.24) is 9.97 Å². The van der Waals surface area contributed by atoms with Gasteiger partial charge in [-0.1, -0.05) is 121 Å². The van der Waals surface area contributed by atoms with Gasteiger partial charge in [-0.3, -0.25) is 0 Å². The van der Waals surface area contributed by atoms with Crippen LogP contribution in [0.2, 0.25) is 0 Å². The van der Waals surface area contributed by atoms with E-state index in [4.69, 9.17) is 14.4 Å². The lowest BCUT2D eigenvalue weighted by molar-refractivity contribution is 0.623. The van der Waals surface area contributed by atoms with Crippen molar-refractivity contribution in [2.24, 2.45) is 0 Å². The maximum atomic E-state index is 6.96. The Labute approximate surface area is 258 Å². The van der Waals surface area contributed by atoms with Crippen LogP contribution in [0.15, 0.2) is 150 Å². The zero-order valence-electron chi connectivity index (χ0n) is 24.2. The third-order valence-corrected chi connectivity index (χ3v) is 9.23. The lowest BCUT2D eigenvalue weighted by atomic mass is 9.86. The number of hydrogen-bond acceptors (Lipinski definition) is 3. The molecule has 0 saturated carbocycles. The van der Waals surface area contributed by atoms with Gasteiger partial charge in [0.1, 0.15) is 11.3 Å². The number of pyridine rings is 1. The first kappa shape index (κ1) is 24.4. The first-order valence-electron chi connectivity index (χ1n) is 15.3. The molecule has 3 nitrogen and oxygen atoms in total. The Bertz CT molecular complexity index is 2720. The summed E-state index contributed by atoms with van der Waals surface area (Å²) in [5, 5.41) is 10.1. The van der Waals surface area contributed by atoms with Crippen molar-refractivity contribution >= 4 is 65.1 Å². The highest BCUT2D eigenvalue weighted by Crippen LogP contribution is 2.50. The van der Waals surface area contributed by atoms with E-state index in [-0.39, 0.29) is 0 Å². The summed E-state index contributed by atoms with van der Waals surface area (Å²) in [5.41, 5.74) is 7.99. The van der Waals surface area contributed by atoms with Crippen molar-refractivity contribution in [3.8, 4) is 33.8 Å². The van der Waals surface area contributed by atoms with Crippen LogP contribution in [-0.2, 0) is 0 Å². The molecule has 0 fully saturated rings. The number of rotatable bonds is 2. The predicted octanol–water partition coefficient (Wildman–Crippen LogP) is 11.4. The van der Waals surface area contributed by atoms with Gasteiger partial charge in [0.2, 0.25) is 0 Å². The molecule has 0 bridgehead atoms. The van der Waals surface area contributed by atoms with E-state index in [9.17, 15) is 0 Å². The lowest BCUT2D eigenvalue weighted by Gasteiger charge is -2.20. The standard InChI is InChI=1S/C42H24N2O/c1-6-19-31-25(13-1)26-14-7-10-22-34(26)43-40(31)37-27-15-2-4-17-29(27)38(30-18-5-3-16-28(30)37)42-39-32-20-8-11-23-35(32)44-41(39)33-21-9-12-24-36(33)45-42/h1-24H.